The highest BCUT2D eigenvalue weighted by molar-refractivity contribution is 8.12. The number of β-amino-alcohol motifs (C(OH)–C–C–N with tert-alkyl or cyclic N) is 1. The van der Waals surface area contributed by atoms with Gasteiger partial charge in [-0.05, 0) is 17.3 Å². The number of quaternary nitrogens is 1. The fraction of sp³-hybridized carbons (Fsp3) is 0.417. The molecule has 0 saturated heterocycles. The van der Waals surface area contributed by atoms with E-state index >= 15 is 0 Å². The number of benzene rings is 1. The summed E-state index contributed by atoms with van der Waals surface area (Å²) in [6, 6.07) is 10.4. The zero-order valence-corrected chi connectivity index (χ0v) is 10.6. The maximum Gasteiger partial charge on any atom is 0.258 e. The van der Waals surface area contributed by atoms with Crippen molar-refractivity contribution in [3.8, 4) is 0 Å². The third kappa shape index (κ3) is 4.12. The lowest BCUT2D eigenvalue weighted by Gasteiger charge is -2.21. The maximum atomic E-state index is 8.83. The summed E-state index contributed by atoms with van der Waals surface area (Å²) in [5.74, 6) is 0.968. The van der Waals surface area contributed by atoms with Crippen LogP contribution < -0.4 is 5.32 Å². The number of rotatable bonds is 4. The summed E-state index contributed by atoms with van der Waals surface area (Å²) < 4.78 is 0. The lowest BCUT2D eigenvalue weighted by Crippen LogP contribution is -2.91. The summed E-state index contributed by atoms with van der Waals surface area (Å²) in [5, 5.41) is 12.1. The molecular formula is C12H18N3OS+. The molecule has 0 bridgehead atoms. The minimum absolute atomic E-state index is 0.204. The van der Waals surface area contributed by atoms with Crippen LogP contribution in [0.15, 0.2) is 35.3 Å². The first kappa shape index (κ1) is 12.6. The van der Waals surface area contributed by atoms with Gasteiger partial charge in [-0.1, -0.05) is 30.3 Å². The third-order valence-corrected chi connectivity index (χ3v) is 3.67. The average Bonchev–Trinajstić information content (AvgIpc) is 2.40. The van der Waals surface area contributed by atoms with Crippen molar-refractivity contribution >= 4 is 16.9 Å². The molecule has 4 nitrogen and oxygen atoms in total. The minimum atomic E-state index is 0.204. The molecule has 17 heavy (non-hydrogen) atoms. The molecule has 0 saturated carbocycles. The van der Waals surface area contributed by atoms with Crippen molar-refractivity contribution in [2.45, 2.75) is 5.75 Å². The van der Waals surface area contributed by atoms with E-state index in [-0.39, 0.29) is 6.61 Å². The fourth-order valence-electron chi connectivity index (χ4n) is 1.64. The number of hydrogen-bond donors (Lipinski definition) is 2. The summed E-state index contributed by atoms with van der Waals surface area (Å²) in [6.07, 6.45) is 0. The van der Waals surface area contributed by atoms with E-state index in [1.807, 2.05) is 6.07 Å². The van der Waals surface area contributed by atoms with Gasteiger partial charge in [0.1, 0.15) is 13.3 Å². The SMILES string of the molecule is OCCN1CN=C(SCc2ccccc2)[NH2+]C1. The van der Waals surface area contributed by atoms with Crippen LogP contribution in [-0.4, -0.2) is 41.7 Å². The summed E-state index contributed by atoms with van der Waals surface area (Å²) in [4.78, 5) is 6.60. The lowest BCUT2D eigenvalue weighted by atomic mass is 10.2. The Bertz CT molecular complexity index is 369. The second kappa shape index (κ2) is 6.76. The van der Waals surface area contributed by atoms with Gasteiger partial charge in [0.15, 0.2) is 0 Å². The minimum Gasteiger partial charge on any atom is -0.395 e. The Hall–Kier alpha value is -0.880. The summed E-state index contributed by atoms with van der Waals surface area (Å²) in [6.45, 7) is 2.50. The Morgan fingerprint density at radius 3 is 2.82 bits per heavy atom. The Balaban J connectivity index is 1.77. The number of aliphatic hydroxyl groups excluding tert-OH is 1. The number of amidine groups is 1. The van der Waals surface area contributed by atoms with E-state index < -0.39 is 0 Å². The molecule has 0 amide bonds. The normalized spacial score (nSPS) is 16.9. The van der Waals surface area contributed by atoms with Crippen LogP contribution in [0.5, 0.6) is 0 Å². The predicted molar refractivity (Wildman–Crippen MR) is 70.6 cm³/mol. The highest BCUT2D eigenvalue weighted by atomic mass is 32.2. The van der Waals surface area contributed by atoms with E-state index in [4.69, 9.17) is 5.11 Å². The van der Waals surface area contributed by atoms with E-state index in [0.29, 0.717) is 13.2 Å². The van der Waals surface area contributed by atoms with E-state index in [2.05, 4.69) is 39.5 Å². The van der Waals surface area contributed by atoms with Crippen LogP contribution in [0, 0.1) is 0 Å². The molecule has 0 fully saturated rings. The number of aliphatic imine (C=N–C) groups is 1. The number of hydrogen-bond acceptors (Lipinski definition) is 4. The second-order valence-corrected chi connectivity index (χ2v) is 4.91. The van der Waals surface area contributed by atoms with Gasteiger partial charge in [0.05, 0.1) is 6.61 Å². The smallest absolute Gasteiger partial charge is 0.258 e. The van der Waals surface area contributed by atoms with Gasteiger partial charge >= 0.3 is 0 Å². The van der Waals surface area contributed by atoms with E-state index in [9.17, 15) is 0 Å². The summed E-state index contributed by atoms with van der Waals surface area (Å²) in [7, 11) is 0. The van der Waals surface area contributed by atoms with E-state index in [1.165, 1.54) is 5.56 Å². The van der Waals surface area contributed by atoms with Crippen LogP contribution in [0.4, 0.5) is 0 Å². The monoisotopic (exact) mass is 252 g/mol. The van der Waals surface area contributed by atoms with Crippen molar-refractivity contribution in [1.29, 1.82) is 0 Å². The van der Waals surface area contributed by atoms with Gasteiger partial charge in [-0.15, -0.1) is 0 Å². The Labute approximate surface area is 106 Å². The fourth-order valence-corrected chi connectivity index (χ4v) is 2.49. The molecule has 2 rings (SSSR count). The Morgan fingerprint density at radius 1 is 1.35 bits per heavy atom. The zero-order valence-electron chi connectivity index (χ0n) is 9.75. The molecule has 1 heterocycles. The quantitative estimate of drug-likeness (QED) is 0.797. The topological polar surface area (TPSA) is 52.4 Å². The molecule has 92 valence electrons. The van der Waals surface area contributed by atoms with Gasteiger partial charge in [0, 0.05) is 12.3 Å². The van der Waals surface area contributed by atoms with Gasteiger partial charge in [-0.3, -0.25) is 5.32 Å². The van der Waals surface area contributed by atoms with Crippen molar-refractivity contribution in [2.75, 3.05) is 26.5 Å². The molecule has 3 N–H and O–H groups in total. The molecule has 5 heteroatoms. The van der Waals surface area contributed by atoms with Crippen LogP contribution in [0.1, 0.15) is 5.56 Å². The van der Waals surface area contributed by atoms with E-state index in [0.717, 1.165) is 17.6 Å². The first-order valence-electron chi connectivity index (χ1n) is 5.76. The molecule has 0 radical (unpaired) electrons. The van der Waals surface area contributed by atoms with Gasteiger partial charge in [0.2, 0.25) is 0 Å². The number of nitrogens with two attached hydrogens (primary N) is 1. The molecule has 0 atom stereocenters. The van der Waals surface area contributed by atoms with Crippen molar-refractivity contribution < 1.29 is 10.4 Å². The molecule has 0 unspecified atom stereocenters. The Morgan fingerprint density at radius 2 is 2.18 bits per heavy atom. The lowest BCUT2D eigenvalue weighted by molar-refractivity contribution is -0.562. The highest BCUT2D eigenvalue weighted by Crippen LogP contribution is 2.11. The van der Waals surface area contributed by atoms with Crippen molar-refractivity contribution in [3.05, 3.63) is 35.9 Å². The molecule has 1 aliphatic rings. The number of thioether (sulfide) groups is 1. The van der Waals surface area contributed by atoms with Crippen molar-refractivity contribution in [2.24, 2.45) is 4.99 Å². The average molecular weight is 252 g/mol. The summed E-state index contributed by atoms with van der Waals surface area (Å²) in [5.41, 5.74) is 1.33. The zero-order chi connectivity index (χ0) is 11.9. The second-order valence-electron chi connectivity index (χ2n) is 3.92. The largest absolute Gasteiger partial charge is 0.395 e. The van der Waals surface area contributed by atoms with E-state index in [1.54, 1.807) is 11.8 Å². The first-order valence-corrected chi connectivity index (χ1v) is 6.74. The van der Waals surface area contributed by atoms with Crippen LogP contribution in [0.25, 0.3) is 0 Å². The van der Waals surface area contributed by atoms with Gasteiger partial charge in [-0.25, -0.2) is 9.89 Å². The predicted octanol–water partition coefficient (Wildman–Crippen LogP) is 0.0621. The van der Waals surface area contributed by atoms with Crippen LogP contribution in [-0.2, 0) is 5.75 Å². The molecule has 0 spiro atoms. The third-order valence-electron chi connectivity index (χ3n) is 2.60. The molecule has 1 aromatic carbocycles. The van der Waals surface area contributed by atoms with Crippen LogP contribution in [0.3, 0.4) is 0 Å². The van der Waals surface area contributed by atoms with Crippen molar-refractivity contribution in [3.63, 3.8) is 0 Å². The Kier molecular flexibility index (Phi) is 5.00. The van der Waals surface area contributed by atoms with Crippen molar-refractivity contribution in [1.82, 2.24) is 4.90 Å². The van der Waals surface area contributed by atoms with Crippen LogP contribution in [0.2, 0.25) is 0 Å². The molecular weight excluding hydrogens is 234 g/mol. The van der Waals surface area contributed by atoms with Crippen LogP contribution >= 0.6 is 11.8 Å². The number of nitrogens with zero attached hydrogens (tertiary/aromatic N) is 2. The first-order chi connectivity index (χ1) is 8.38. The van der Waals surface area contributed by atoms with Gasteiger partial charge < -0.3 is 5.11 Å². The molecule has 0 aromatic heterocycles. The standard InChI is InChI=1S/C12H17N3OS/c16-7-6-15-9-13-12(14-10-15)17-8-11-4-2-1-3-5-11/h1-5,16H,6-10H2,(H,13,14)/p+1. The van der Waals surface area contributed by atoms with Gasteiger partial charge in [-0.2, -0.15) is 0 Å². The number of aliphatic hydroxyl groups is 1. The maximum absolute atomic E-state index is 8.83. The molecule has 1 aliphatic heterocycles. The molecule has 1 aromatic rings. The highest BCUT2D eigenvalue weighted by Gasteiger charge is 2.15. The molecule has 0 aliphatic carbocycles. The van der Waals surface area contributed by atoms with Gasteiger partial charge in [0.25, 0.3) is 5.17 Å². The summed E-state index contributed by atoms with van der Waals surface area (Å²) >= 11 is 1.78.